The molecule has 1 atom stereocenters. The summed E-state index contributed by atoms with van der Waals surface area (Å²) in [5.41, 5.74) is 1.18. The molecule has 0 heterocycles. The van der Waals surface area contributed by atoms with Gasteiger partial charge in [0, 0.05) is 5.92 Å². The second-order valence-corrected chi connectivity index (χ2v) is 2.81. The quantitative estimate of drug-likeness (QED) is 0.674. The first-order chi connectivity index (χ1) is 5.88. The summed E-state index contributed by atoms with van der Waals surface area (Å²) in [6, 6.07) is 10.0. The summed E-state index contributed by atoms with van der Waals surface area (Å²) in [7, 11) is 0. The van der Waals surface area contributed by atoms with E-state index in [0.29, 0.717) is 0 Å². The van der Waals surface area contributed by atoms with Gasteiger partial charge in [-0.15, -0.1) is 6.58 Å². The van der Waals surface area contributed by atoms with Gasteiger partial charge in [-0.2, -0.15) is 0 Å². The Morgan fingerprint density at radius 2 is 2.00 bits per heavy atom. The first-order valence-corrected chi connectivity index (χ1v) is 4.15. The number of aliphatic hydroxyl groups excluding tert-OH is 1. The molecule has 0 unspecified atom stereocenters. The molecule has 1 nitrogen and oxygen atoms in total. The largest absolute Gasteiger partial charge is 0.396 e. The third-order valence-electron chi connectivity index (χ3n) is 1.94. The Morgan fingerprint density at radius 1 is 1.33 bits per heavy atom. The van der Waals surface area contributed by atoms with Crippen LogP contribution in [0, 0.1) is 0 Å². The van der Waals surface area contributed by atoms with Crippen molar-refractivity contribution in [1.82, 2.24) is 0 Å². The minimum atomic E-state index is 0.191. The fourth-order valence-corrected chi connectivity index (χ4v) is 1.24. The molecule has 1 aromatic rings. The highest BCUT2D eigenvalue weighted by molar-refractivity contribution is 5.20. The van der Waals surface area contributed by atoms with Gasteiger partial charge in [0.05, 0.1) is 6.61 Å². The fraction of sp³-hybridized carbons (Fsp3) is 0.273. The summed E-state index contributed by atoms with van der Waals surface area (Å²) in [5.74, 6) is 0.212. The number of hydrogen-bond donors (Lipinski definition) is 1. The van der Waals surface area contributed by atoms with Gasteiger partial charge in [-0.3, -0.25) is 0 Å². The minimum absolute atomic E-state index is 0.191. The Hall–Kier alpha value is -1.08. The summed E-state index contributed by atoms with van der Waals surface area (Å²) in [6.45, 7) is 3.85. The van der Waals surface area contributed by atoms with Crippen LogP contribution < -0.4 is 0 Å². The Labute approximate surface area is 73.4 Å². The summed E-state index contributed by atoms with van der Waals surface area (Å²) in [4.78, 5) is 0. The van der Waals surface area contributed by atoms with E-state index in [0.717, 1.165) is 6.42 Å². The standard InChI is InChI=1S/C11H14O/c1-2-6-11(9-12)10-7-4-3-5-8-10/h2-5,7-8,11-12H,1,6,9H2/t11-/m1/s1. The SMILES string of the molecule is C=CC[C@H](CO)c1ccccc1. The van der Waals surface area contributed by atoms with Crippen LogP contribution in [0.4, 0.5) is 0 Å². The molecule has 0 aromatic heterocycles. The molecular formula is C11H14O. The number of benzene rings is 1. The molecule has 1 rings (SSSR count). The minimum Gasteiger partial charge on any atom is -0.396 e. The first-order valence-electron chi connectivity index (χ1n) is 4.15. The van der Waals surface area contributed by atoms with Gasteiger partial charge in [0.25, 0.3) is 0 Å². The summed E-state index contributed by atoms with van der Waals surface area (Å²) in [5, 5.41) is 9.06. The van der Waals surface area contributed by atoms with Gasteiger partial charge in [-0.25, -0.2) is 0 Å². The summed E-state index contributed by atoms with van der Waals surface area (Å²) < 4.78 is 0. The van der Waals surface area contributed by atoms with Crippen molar-refractivity contribution in [2.75, 3.05) is 6.61 Å². The summed E-state index contributed by atoms with van der Waals surface area (Å²) in [6.07, 6.45) is 2.68. The van der Waals surface area contributed by atoms with Crippen LogP contribution in [0.15, 0.2) is 43.0 Å². The van der Waals surface area contributed by atoms with Crippen LogP contribution in [0.5, 0.6) is 0 Å². The second kappa shape index (κ2) is 4.73. The topological polar surface area (TPSA) is 20.2 Å². The van der Waals surface area contributed by atoms with Crippen LogP contribution in [-0.4, -0.2) is 11.7 Å². The molecule has 0 saturated heterocycles. The lowest BCUT2D eigenvalue weighted by Crippen LogP contribution is -2.02. The molecular weight excluding hydrogens is 148 g/mol. The zero-order chi connectivity index (χ0) is 8.81. The van der Waals surface area contributed by atoms with Crippen LogP contribution in [0.1, 0.15) is 17.9 Å². The van der Waals surface area contributed by atoms with E-state index < -0.39 is 0 Å². The van der Waals surface area contributed by atoms with Gasteiger partial charge in [0.2, 0.25) is 0 Å². The van der Waals surface area contributed by atoms with Crippen molar-refractivity contribution in [2.45, 2.75) is 12.3 Å². The van der Waals surface area contributed by atoms with Gasteiger partial charge in [-0.1, -0.05) is 36.4 Å². The van der Waals surface area contributed by atoms with Gasteiger partial charge in [0.15, 0.2) is 0 Å². The zero-order valence-corrected chi connectivity index (χ0v) is 7.11. The Kier molecular flexibility index (Phi) is 3.55. The smallest absolute Gasteiger partial charge is 0.0502 e. The molecule has 1 N–H and O–H groups in total. The van der Waals surface area contributed by atoms with Crippen LogP contribution in [0.2, 0.25) is 0 Å². The number of aliphatic hydroxyl groups is 1. The number of hydrogen-bond acceptors (Lipinski definition) is 1. The molecule has 1 aromatic carbocycles. The Morgan fingerprint density at radius 3 is 2.50 bits per heavy atom. The molecule has 0 spiro atoms. The number of rotatable bonds is 4. The van der Waals surface area contributed by atoms with Crippen LogP contribution in [0.25, 0.3) is 0 Å². The van der Waals surface area contributed by atoms with E-state index in [9.17, 15) is 0 Å². The predicted molar refractivity (Wildman–Crippen MR) is 51.1 cm³/mol. The van der Waals surface area contributed by atoms with Crippen molar-refractivity contribution in [1.29, 1.82) is 0 Å². The van der Waals surface area contributed by atoms with Gasteiger partial charge < -0.3 is 5.11 Å². The predicted octanol–water partition coefficient (Wildman–Crippen LogP) is 2.34. The van der Waals surface area contributed by atoms with Gasteiger partial charge >= 0.3 is 0 Å². The van der Waals surface area contributed by atoms with E-state index in [1.54, 1.807) is 0 Å². The van der Waals surface area contributed by atoms with E-state index in [4.69, 9.17) is 5.11 Å². The van der Waals surface area contributed by atoms with Crippen molar-refractivity contribution in [3.05, 3.63) is 48.6 Å². The first kappa shape index (κ1) is 9.01. The lowest BCUT2D eigenvalue weighted by Gasteiger charge is -2.11. The van der Waals surface area contributed by atoms with Crippen molar-refractivity contribution in [3.8, 4) is 0 Å². The maximum Gasteiger partial charge on any atom is 0.0502 e. The molecule has 0 aliphatic heterocycles. The average Bonchev–Trinajstić information content (AvgIpc) is 2.15. The highest BCUT2D eigenvalue weighted by Gasteiger charge is 2.06. The normalized spacial score (nSPS) is 12.4. The Balaban J connectivity index is 2.72. The van der Waals surface area contributed by atoms with E-state index in [1.807, 2.05) is 36.4 Å². The van der Waals surface area contributed by atoms with Crippen molar-refractivity contribution >= 4 is 0 Å². The lowest BCUT2D eigenvalue weighted by atomic mass is 9.97. The number of allylic oxidation sites excluding steroid dienone is 1. The molecule has 0 bridgehead atoms. The lowest BCUT2D eigenvalue weighted by molar-refractivity contribution is 0.266. The molecule has 0 fully saturated rings. The molecule has 0 radical (unpaired) electrons. The average molecular weight is 162 g/mol. The third kappa shape index (κ3) is 2.21. The maximum absolute atomic E-state index is 9.06. The molecule has 0 amide bonds. The highest BCUT2D eigenvalue weighted by atomic mass is 16.3. The molecule has 12 heavy (non-hydrogen) atoms. The van der Waals surface area contributed by atoms with E-state index in [2.05, 4.69) is 6.58 Å². The molecule has 1 heteroatoms. The fourth-order valence-electron chi connectivity index (χ4n) is 1.24. The second-order valence-electron chi connectivity index (χ2n) is 2.81. The molecule has 64 valence electrons. The van der Waals surface area contributed by atoms with Crippen LogP contribution in [0.3, 0.4) is 0 Å². The Bertz CT molecular complexity index is 228. The van der Waals surface area contributed by atoms with E-state index >= 15 is 0 Å². The maximum atomic E-state index is 9.06. The van der Waals surface area contributed by atoms with Crippen molar-refractivity contribution < 1.29 is 5.11 Å². The van der Waals surface area contributed by atoms with E-state index in [-0.39, 0.29) is 12.5 Å². The third-order valence-corrected chi connectivity index (χ3v) is 1.94. The van der Waals surface area contributed by atoms with E-state index in [1.165, 1.54) is 5.56 Å². The molecule has 0 saturated carbocycles. The van der Waals surface area contributed by atoms with Crippen LogP contribution in [-0.2, 0) is 0 Å². The highest BCUT2D eigenvalue weighted by Crippen LogP contribution is 2.18. The van der Waals surface area contributed by atoms with Crippen molar-refractivity contribution in [2.24, 2.45) is 0 Å². The molecule has 0 aliphatic rings. The van der Waals surface area contributed by atoms with Crippen LogP contribution >= 0.6 is 0 Å². The van der Waals surface area contributed by atoms with Gasteiger partial charge in [0.1, 0.15) is 0 Å². The zero-order valence-electron chi connectivity index (χ0n) is 7.11. The van der Waals surface area contributed by atoms with Crippen molar-refractivity contribution in [3.63, 3.8) is 0 Å². The summed E-state index contributed by atoms with van der Waals surface area (Å²) >= 11 is 0. The monoisotopic (exact) mass is 162 g/mol. The van der Waals surface area contributed by atoms with Gasteiger partial charge in [-0.05, 0) is 12.0 Å². The molecule has 0 aliphatic carbocycles.